The van der Waals surface area contributed by atoms with Gasteiger partial charge in [0, 0.05) is 6.20 Å². The van der Waals surface area contributed by atoms with Gasteiger partial charge in [-0.25, -0.2) is 10.9 Å². The lowest BCUT2D eigenvalue weighted by Gasteiger charge is -2.25. The van der Waals surface area contributed by atoms with Crippen LogP contribution in [0.15, 0.2) is 12.3 Å². The molecule has 0 spiro atoms. The highest BCUT2D eigenvalue weighted by Gasteiger charge is 2.29. The third kappa shape index (κ3) is 2.19. The van der Waals surface area contributed by atoms with Crippen LogP contribution in [0.25, 0.3) is 0 Å². The Morgan fingerprint density at radius 2 is 1.93 bits per heavy atom. The molecule has 0 fully saturated rings. The van der Waals surface area contributed by atoms with Crippen molar-refractivity contribution in [2.75, 3.05) is 14.2 Å². The van der Waals surface area contributed by atoms with Crippen molar-refractivity contribution in [2.24, 2.45) is 5.90 Å². The van der Waals surface area contributed by atoms with Crippen molar-refractivity contribution >= 4 is 0 Å². The molecule has 1 heterocycles. The van der Waals surface area contributed by atoms with Gasteiger partial charge in [-0.05, 0) is 19.9 Å². The molecule has 0 unspecified atom stereocenters. The summed E-state index contributed by atoms with van der Waals surface area (Å²) in [6.07, 6.45) is 1.60. The van der Waals surface area contributed by atoms with E-state index in [0.717, 1.165) is 0 Å². The molecule has 0 aromatic carbocycles. The van der Waals surface area contributed by atoms with Crippen molar-refractivity contribution in [1.29, 1.82) is 0 Å². The zero-order valence-electron chi connectivity index (χ0n) is 9.40. The minimum Gasteiger partial charge on any atom is -0.496 e. The number of pyridine rings is 1. The molecule has 5 nitrogen and oxygen atoms in total. The fraction of sp³-hybridized carbons (Fsp3) is 0.500. The van der Waals surface area contributed by atoms with Gasteiger partial charge >= 0.3 is 0 Å². The maximum Gasteiger partial charge on any atom is 0.223 e. The van der Waals surface area contributed by atoms with Crippen molar-refractivity contribution in [3.63, 3.8) is 0 Å². The van der Waals surface area contributed by atoms with E-state index in [4.69, 9.17) is 20.2 Å². The maximum atomic E-state index is 5.25. The summed E-state index contributed by atoms with van der Waals surface area (Å²) in [5.41, 5.74) is -0.0252. The first-order chi connectivity index (χ1) is 7.06. The second kappa shape index (κ2) is 4.46. The Bertz CT molecular complexity index is 317. The predicted molar refractivity (Wildman–Crippen MR) is 55.6 cm³/mol. The molecule has 0 atom stereocenters. The maximum absolute atomic E-state index is 5.25. The number of nitrogens with two attached hydrogens (primary N) is 1. The number of hydrogen-bond acceptors (Lipinski definition) is 5. The van der Waals surface area contributed by atoms with E-state index in [0.29, 0.717) is 17.2 Å². The van der Waals surface area contributed by atoms with Gasteiger partial charge in [0.05, 0.1) is 19.8 Å². The smallest absolute Gasteiger partial charge is 0.223 e. The Morgan fingerprint density at radius 3 is 2.40 bits per heavy atom. The summed E-state index contributed by atoms with van der Waals surface area (Å²) in [6, 6.07) is 1.73. The Balaban J connectivity index is 3.34. The first kappa shape index (κ1) is 11.7. The largest absolute Gasteiger partial charge is 0.496 e. The molecule has 0 amide bonds. The van der Waals surface area contributed by atoms with Gasteiger partial charge in [0.1, 0.15) is 11.4 Å². The van der Waals surface area contributed by atoms with Gasteiger partial charge in [0.15, 0.2) is 0 Å². The van der Waals surface area contributed by atoms with Gasteiger partial charge in [-0.15, -0.1) is 0 Å². The van der Waals surface area contributed by atoms with Gasteiger partial charge < -0.3 is 9.47 Å². The highest BCUT2D eigenvalue weighted by atomic mass is 16.6. The zero-order chi connectivity index (χ0) is 11.5. The van der Waals surface area contributed by atoms with Crippen molar-refractivity contribution in [3.8, 4) is 11.6 Å². The molecule has 2 N–H and O–H groups in total. The Kier molecular flexibility index (Phi) is 3.49. The zero-order valence-corrected chi connectivity index (χ0v) is 9.40. The molecule has 0 saturated carbocycles. The normalized spacial score (nSPS) is 11.3. The minimum atomic E-state index is -0.717. The number of rotatable bonds is 4. The van der Waals surface area contributed by atoms with Crippen molar-refractivity contribution in [1.82, 2.24) is 4.98 Å². The van der Waals surface area contributed by atoms with E-state index in [1.165, 1.54) is 7.11 Å². The van der Waals surface area contributed by atoms with Crippen LogP contribution in [0.3, 0.4) is 0 Å². The predicted octanol–water partition coefficient (Wildman–Crippen LogP) is 1.22. The summed E-state index contributed by atoms with van der Waals surface area (Å²) in [4.78, 5) is 8.99. The highest BCUT2D eigenvalue weighted by Crippen LogP contribution is 2.37. The Morgan fingerprint density at radius 1 is 1.27 bits per heavy atom. The van der Waals surface area contributed by atoms with Crippen LogP contribution in [0.1, 0.15) is 19.4 Å². The van der Waals surface area contributed by atoms with Gasteiger partial charge in [-0.2, -0.15) is 0 Å². The van der Waals surface area contributed by atoms with Crippen LogP contribution < -0.4 is 15.4 Å². The molecule has 0 aliphatic rings. The van der Waals surface area contributed by atoms with E-state index in [1.54, 1.807) is 19.4 Å². The molecule has 1 rings (SSSR count). The molecule has 0 aliphatic carbocycles. The van der Waals surface area contributed by atoms with E-state index < -0.39 is 5.60 Å². The summed E-state index contributed by atoms with van der Waals surface area (Å²) in [7, 11) is 3.11. The molecule has 0 saturated heterocycles. The SMILES string of the molecule is COc1ccnc(OC)c1C(C)(C)ON. The van der Waals surface area contributed by atoms with Crippen LogP contribution in [0.4, 0.5) is 0 Å². The molecule has 1 aromatic heterocycles. The summed E-state index contributed by atoms with van der Waals surface area (Å²) < 4.78 is 10.4. The lowest BCUT2D eigenvalue weighted by molar-refractivity contribution is -0.0269. The second-order valence-electron chi connectivity index (χ2n) is 3.53. The molecule has 15 heavy (non-hydrogen) atoms. The first-order valence-electron chi connectivity index (χ1n) is 4.52. The van der Waals surface area contributed by atoms with Gasteiger partial charge in [-0.1, -0.05) is 0 Å². The topological polar surface area (TPSA) is 66.6 Å². The summed E-state index contributed by atoms with van der Waals surface area (Å²) in [5.74, 6) is 6.33. The van der Waals surface area contributed by atoms with Crippen molar-refractivity contribution in [3.05, 3.63) is 17.8 Å². The number of hydrogen-bond donors (Lipinski definition) is 1. The van der Waals surface area contributed by atoms with Crippen LogP contribution in [0.2, 0.25) is 0 Å². The average molecular weight is 212 g/mol. The molecule has 0 aliphatic heterocycles. The monoisotopic (exact) mass is 212 g/mol. The quantitative estimate of drug-likeness (QED) is 0.760. The number of methoxy groups -OCH3 is 2. The Hall–Kier alpha value is -1.33. The number of aromatic nitrogens is 1. The van der Waals surface area contributed by atoms with E-state index in [-0.39, 0.29) is 0 Å². The summed E-state index contributed by atoms with van der Waals surface area (Å²) in [6.45, 7) is 3.63. The van der Waals surface area contributed by atoms with Crippen LogP contribution in [0, 0.1) is 0 Å². The van der Waals surface area contributed by atoms with Crippen molar-refractivity contribution in [2.45, 2.75) is 19.4 Å². The van der Waals surface area contributed by atoms with E-state index in [1.807, 2.05) is 13.8 Å². The third-order valence-electron chi connectivity index (χ3n) is 2.19. The first-order valence-corrected chi connectivity index (χ1v) is 4.52. The molecule has 5 heteroatoms. The van der Waals surface area contributed by atoms with Crippen LogP contribution in [-0.2, 0) is 10.4 Å². The van der Waals surface area contributed by atoms with Crippen LogP contribution >= 0.6 is 0 Å². The van der Waals surface area contributed by atoms with Gasteiger partial charge in [0.25, 0.3) is 0 Å². The number of ether oxygens (including phenoxy) is 2. The second-order valence-corrected chi connectivity index (χ2v) is 3.53. The number of nitrogens with zero attached hydrogens (tertiary/aromatic N) is 1. The molecular weight excluding hydrogens is 196 g/mol. The van der Waals surface area contributed by atoms with Gasteiger partial charge in [-0.3, -0.25) is 4.84 Å². The van der Waals surface area contributed by atoms with Gasteiger partial charge in [0.2, 0.25) is 5.88 Å². The van der Waals surface area contributed by atoms with E-state index >= 15 is 0 Å². The average Bonchev–Trinajstić information content (AvgIpc) is 2.27. The molecule has 0 bridgehead atoms. The fourth-order valence-corrected chi connectivity index (χ4v) is 1.36. The van der Waals surface area contributed by atoms with E-state index in [2.05, 4.69) is 4.98 Å². The van der Waals surface area contributed by atoms with E-state index in [9.17, 15) is 0 Å². The molecular formula is C10H16N2O3. The fourth-order valence-electron chi connectivity index (χ4n) is 1.36. The minimum absolute atomic E-state index is 0.449. The Labute approximate surface area is 89.1 Å². The summed E-state index contributed by atoms with van der Waals surface area (Å²) in [5, 5.41) is 0. The molecule has 84 valence electrons. The lowest BCUT2D eigenvalue weighted by Crippen LogP contribution is -2.27. The highest BCUT2D eigenvalue weighted by molar-refractivity contribution is 5.43. The standard InChI is InChI=1S/C10H16N2O3/c1-10(2,15-11)8-7(13-3)5-6-12-9(8)14-4/h5-6H,11H2,1-4H3. The third-order valence-corrected chi connectivity index (χ3v) is 2.19. The van der Waals surface area contributed by atoms with Crippen molar-refractivity contribution < 1.29 is 14.3 Å². The van der Waals surface area contributed by atoms with Crippen LogP contribution in [-0.4, -0.2) is 19.2 Å². The molecule has 0 radical (unpaired) electrons. The molecule has 1 aromatic rings. The van der Waals surface area contributed by atoms with Crippen LogP contribution in [0.5, 0.6) is 11.6 Å². The lowest BCUT2D eigenvalue weighted by atomic mass is 9.98. The summed E-state index contributed by atoms with van der Waals surface area (Å²) >= 11 is 0.